The maximum atomic E-state index is 11.6. The number of ether oxygens (including phenoxy) is 1. The molecule has 9 heteroatoms. The number of carbonyl (C=O) groups excluding carboxylic acids is 1. The normalized spacial score (nSPS) is 10.6. The highest BCUT2D eigenvalue weighted by molar-refractivity contribution is 5.68. The Morgan fingerprint density at radius 1 is 1.47 bits per heavy atom. The zero-order valence-electron chi connectivity index (χ0n) is 10.6. The fourth-order valence-electron chi connectivity index (χ4n) is 1.51. The number of carbonyl (C=O) groups is 1. The monoisotopic (exact) mass is 265 g/mol. The molecule has 2 heterocycles. The molecule has 0 amide bonds. The number of hydrogen-bond acceptors (Lipinski definition) is 7. The lowest BCUT2D eigenvalue weighted by atomic mass is 10.5. The van der Waals surface area contributed by atoms with Gasteiger partial charge < -0.3 is 10.5 Å². The number of rotatable bonds is 6. The summed E-state index contributed by atoms with van der Waals surface area (Å²) in [5, 5.41) is 7.83. The van der Waals surface area contributed by atoms with Gasteiger partial charge in [-0.05, 0) is 6.42 Å². The first-order valence-electron chi connectivity index (χ1n) is 5.86. The fraction of sp³-hybridized carbons (Fsp3) is 0.500. The molecule has 0 saturated carbocycles. The third-order valence-electron chi connectivity index (χ3n) is 2.34. The lowest BCUT2D eigenvalue weighted by Gasteiger charge is -2.06. The molecule has 0 aliphatic heterocycles. The van der Waals surface area contributed by atoms with Gasteiger partial charge in [-0.1, -0.05) is 6.92 Å². The Bertz CT molecular complexity index is 548. The summed E-state index contributed by atoms with van der Waals surface area (Å²) in [7, 11) is 0. The van der Waals surface area contributed by atoms with Crippen molar-refractivity contribution in [3.63, 3.8) is 0 Å². The largest absolute Gasteiger partial charge is 0.456 e. The molecule has 0 aromatic carbocycles. The Kier molecular flexibility index (Phi) is 4.06. The van der Waals surface area contributed by atoms with E-state index in [4.69, 9.17) is 10.5 Å². The lowest BCUT2D eigenvalue weighted by molar-refractivity contribution is -0.146. The molecule has 0 unspecified atom stereocenters. The van der Waals surface area contributed by atoms with E-state index < -0.39 is 5.97 Å². The van der Waals surface area contributed by atoms with Crippen molar-refractivity contribution in [2.24, 2.45) is 0 Å². The third-order valence-corrected chi connectivity index (χ3v) is 2.34. The van der Waals surface area contributed by atoms with Crippen LogP contribution in [-0.2, 0) is 29.2 Å². The Hall–Kier alpha value is -2.45. The number of nitrogen functional groups attached to an aromatic ring is 1. The van der Waals surface area contributed by atoms with Gasteiger partial charge in [0.1, 0.15) is 19.2 Å². The van der Waals surface area contributed by atoms with E-state index in [-0.39, 0.29) is 19.1 Å². The van der Waals surface area contributed by atoms with E-state index >= 15 is 0 Å². The van der Waals surface area contributed by atoms with Gasteiger partial charge in [0, 0.05) is 6.54 Å². The van der Waals surface area contributed by atoms with Gasteiger partial charge in [-0.25, -0.2) is 19.3 Å². The summed E-state index contributed by atoms with van der Waals surface area (Å²) in [5.41, 5.74) is 5.34. The molecule has 2 aromatic rings. The van der Waals surface area contributed by atoms with Gasteiger partial charge in [0.25, 0.3) is 0 Å². The van der Waals surface area contributed by atoms with Crippen LogP contribution < -0.4 is 5.73 Å². The molecule has 0 aliphatic carbocycles. The Morgan fingerprint density at radius 2 is 2.32 bits per heavy atom. The van der Waals surface area contributed by atoms with Crippen LogP contribution in [0.15, 0.2) is 12.7 Å². The second-order valence-corrected chi connectivity index (χ2v) is 3.86. The Morgan fingerprint density at radius 3 is 3.00 bits per heavy atom. The topological polar surface area (TPSA) is 114 Å². The first-order chi connectivity index (χ1) is 9.19. The van der Waals surface area contributed by atoms with E-state index in [0.717, 1.165) is 13.0 Å². The number of aryl methyl sites for hydroxylation is 1. The molecule has 9 nitrogen and oxygen atoms in total. The van der Waals surface area contributed by atoms with Crippen molar-refractivity contribution < 1.29 is 9.53 Å². The molecule has 0 bridgehead atoms. The van der Waals surface area contributed by atoms with E-state index in [1.165, 1.54) is 17.3 Å². The number of nitrogens with zero attached hydrogens (tertiary/aromatic N) is 6. The summed E-state index contributed by atoms with van der Waals surface area (Å²) in [4.78, 5) is 19.3. The van der Waals surface area contributed by atoms with Crippen LogP contribution in [0.5, 0.6) is 0 Å². The van der Waals surface area contributed by atoms with Crippen LogP contribution in [0.2, 0.25) is 0 Å². The van der Waals surface area contributed by atoms with Crippen LogP contribution >= 0.6 is 0 Å². The number of aromatic nitrogens is 6. The van der Waals surface area contributed by atoms with Gasteiger partial charge in [0.15, 0.2) is 12.4 Å². The molecule has 0 atom stereocenters. The van der Waals surface area contributed by atoms with Crippen LogP contribution in [0.25, 0.3) is 0 Å². The van der Waals surface area contributed by atoms with Crippen molar-refractivity contribution in [2.75, 3.05) is 5.73 Å². The van der Waals surface area contributed by atoms with Crippen molar-refractivity contribution in [1.29, 1.82) is 0 Å². The molecule has 2 rings (SSSR count). The van der Waals surface area contributed by atoms with Gasteiger partial charge >= 0.3 is 5.97 Å². The highest BCUT2D eigenvalue weighted by atomic mass is 16.5. The Labute approximate surface area is 109 Å². The number of hydrogen-bond donors (Lipinski definition) is 1. The third kappa shape index (κ3) is 3.50. The van der Waals surface area contributed by atoms with Gasteiger partial charge in [0.05, 0.1) is 0 Å². The fourth-order valence-corrected chi connectivity index (χ4v) is 1.51. The van der Waals surface area contributed by atoms with Gasteiger partial charge in [-0.15, -0.1) is 5.10 Å². The zero-order valence-corrected chi connectivity index (χ0v) is 10.6. The van der Waals surface area contributed by atoms with Gasteiger partial charge in [-0.3, -0.25) is 4.79 Å². The second-order valence-electron chi connectivity index (χ2n) is 3.86. The molecular formula is C10H15N7O2. The van der Waals surface area contributed by atoms with Crippen LogP contribution in [0, 0.1) is 0 Å². The summed E-state index contributed by atoms with van der Waals surface area (Å²) in [6.07, 6.45) is 3.75. The molecule has 102 valence electrons. The van der Waals surface area contributed by atoms with Crippen LogP contribution in [-0.4, -0.2) is 35.5 Å². The van der Waals surface area contributed by atoms with Crippen molar-refractivity contribution in [1.82, 2.24) is 29.5 Å². The molecule has 0 spiro atoms. The van der Waals surface area contributed by atoms with Crippen molar-refractivity contribution in [3.8, 4) is 0 Å². The van der Waals surface area contributed by atoms with Gasteiger partial charge in [0.2, 0.25) is 5.95 Å². The summed E-state index contributed by atoms with van der Waals surface area (Å²) in [6.45, 7) is 2.83. The van der Waals surface area contributed by atoms with E-state index in [0.29, 0.717) is 5.82 Å². The summed E-state index contributed by atoms with van der Waals surface area (Å²) >= 11 is 0. The first-order valence-corrected chi connectivity index (χ1v) is 5.86. The lowest BCUT2D eigenvalue weighted by Crippen LogP contribution is -2.16. The zero-order chi connectivity index (χ0) is 13.7. The quantitative estimate of drug-likeness (QED) is 0.707. The van der Waals surface area contributed by atoms with E-state index in [2.05, 4.69) is 20.2 Å². The first kappa shape index (κ1) is 13.0. The van der Waals surface area contributed by atoms with Crippen LogP contribution in [0.3, 0.4) is 0 Å². The van der Waals surface area contributed by atoms with Gasteiger partial charge in [-0.2, -0.15) is 5.10 Å². The molecular weight excluding hydrogens is 250 g/mol. The number of anilines is 1. The summed E-state index contributed by atoms with van der Waals surface area (Å²) in [5.74, 6) is 0.305. The van der Waals surface area contributed by atoms with E-state index in [1.54, 1.807) is 4.68 Å². The highest BCUT2D eigenvalue weighted by Crippen LogP contribution is 2.00. The van der Waals surface area contributed by atoms with Crippen molar-refractivity contribution in [3.05, 3.63) is 18.5 Å². The van der Waals surface area contributed by atoms with E-state index in [1.807, 2.05) is 6.92 Å². The minimum atomic E-state index is -0.434. The van der Waals surface area contributed by atoms with E-state index in [9.17, 15) is 4.79 Å². The van der Waals surface area contributed by atoms with Crippen LogP contribution in [0.1, 0.15) is 19.2 Å². The molecule has 19 heavy (non-hydrogen) atoms. The Balaban J connectivity index is 1.84. The molecule has 0 radical (unpaired) electrons. The summed E-state index contributed by atoms with van der Waals surface area (Å²) in [6, 6.07) is 0. The SMILES string of the molecule is CCCn1ncnc1COC(=O)Cn1cnc(N)n1. The average Bonchev–Trinajstić information content (AvgIpc) is 2.97. The summed E-state index contributed by atoms with van der Waals surface area (Å²) < 4.78 is 8.12. The van der Waals surface area contributed by atoms with Crippen LogP contribution in [0.4, 0.5) is 5.95 Å². The molecule has 0 saturated heterocycles. The average molecular weight is 265 g/mol. The minimum absolute atomic E-state index is 0.0356. The number of nitrogens with two attached hydrogens (primary N) is 1. The predicted molar refractivity (Wildman–Crippen MR) is 64.5 cm³/mol. The standard InChI is InChI=1S/C10H15N7O2/c1-2-3-17-8(12-6-14-17)5-19-9(18)4-16-7-13-10(11)15-16/h6-7H,2-5H2,1H3,(H2,11,15). The molecule has 0 aliphatic rings. The molecule has 2 N–H and O–H groups in total. The maximum Gasteiger partial charge on any atom is 0.328 e. The van der Waals surface area contributed by atoms with Crippen molar-refractivity contribution in [2.45, 2.75) is 33.0 Å². The van der Waals surface area contributed by atoms with Crippen molar-refractivity contribution >= 4 is 11.9 Å². The maximum absolute atomic E-state index is 11.6. The second kappa shape index (κ2) is 5.94. The molecule has 2 aromatic heterocycles. The smallest absolute Gasteiger partial charge is 0.328 e. The predicted octanol–water partition coefficient (Wildman–Crippen LogP) is -0.395. The highest BCUT2D eigenvalue weighted by Gasteiger charge is 2.09. The minimum Gasteiger partial charge on any atom is -0.456 e. The number of esters is 1. The molecule has 0 fully saturated rings.